The molecule has 1 heterocycles. The Labute approximate surface area is 92.2 Å². The molecule has 1 N–H and O–H groups in total. The normalized spacial score (nSPS) is 10.3. The zero-order valence-corrected chi connectivity index (χ0v) is 8.71. The lowest BCUT2D eigenvalue weighted by atomic mass is 10.3. The van der Waals surface area contributed by atoms with Gasteiger partial charge < -0.3 is 5.32 Å². The molecule has 0 aromatic carbocycles. The Morgan fingerprint density at radius 2 is 2.38 bits per heavy atom. The summed E-state index contributed by atoms with van der Waals surface area (Å²) >= 11 is 0. The van der Waals surface area contributed by atoms with Crippen LogP contribution in [0.5, 0.6) is 0 Å². The molecule has 0 saturated carbocycles. The van der Waals surface area contributed by atoms with E-state index in [9.17, 15) is 14.9 Å². The highest BCUT2D eigenvalue weighted by atomic mass is 16.6. The SMILES string of the molecule is CC(=O)NCC=Cc1ccc([N+](=O)[O-])cn1. The maximum absolute atomic E-state index is 10.5. The second-order valence-electron chi connectivity index (χ2n) is 3.04. The van der Waals surface area contributed by atoms with Crippen molar-refractivity contribution in [2.75, 3.05) is 6.54 Å². The number of carbonyl (C=O) groups excluding carboxylic acids is 1. The highest BCUT2D eigenvalue weighted by molar-refractivity contribution is 5.73. The van der Waals surface area contributed by atoms with Gasteiger partial charge >= 0.3 is 0 Å². The summed E-state index contributed by atoms with van der Waals surface area (Å²) in [5.74, 6) is -0.110. The van der Waals surface area contributed by atoms with Crippen molar-refractivity contribution < 1.29 is 9.72 Å². The molecule has 0 radical (unpaired) electrons. The average molecular weight is 221 g/mol. The van der Waals surface area contributed by atoms with E-state index in [2.05, 4.69) is 10.3 Å². The van der Waals surface area contributed by atoms with Gasteiger partial charge in [-0.05, 0) is 12.1 Å². The fourth-order valence-corrected chi connectivity index (χ4v) is 0.986. The molecule has 0 aliphatic heterocycles. The van der Waals surface area contributed by atoms with Gasteiger partial charge in [0.25, 0.3) is 5.69 Å². The van der Waals surface area contributed by atoms with Crippen molar-refractivity contribution in [1.29, 1.82) is 0 Å². The first kappa shape index (κ1) is 11.8. The van der Waals surface area contributed by atoms with Crippen molar-refractivity contribution >= 4 is 17.7 Å². The van der Waals surface area contributed by atoms with Crippen molar-refractivity contribution in [3.8, 4) is 0 Å². The quantitative estimate of drug-likeness (QED) is 0.610. The minimum atomic E-state index is -0.502. The minimum absolute atomic E-state index is 0.0426. The summed E-state index contributed by atoms with van der Waals surface area (Å²) < 4.78 is 0. The van der Waals surface area contributed by atoms with E-state index in [1.54, 1.807) is 18.2 Å². The molecule has 16 heavy (non-hydrogen) atoms. The molecule has 0 fully saturated rings. The van der Waals surface area contributed by atoms with Crippen LogP contribution in [0, 0.1) is 10.1 Å². The predicted octanol–water partition coefficient (Wildman–Crippen LogP) is 1.14. The molecule has 0 aliphatic rings. The van der Waals surface area contributed by atoms with Gasteiger partial charge in [-0.1, -0.05) is 6.08 Å². The van der Waals surface area contributed by atoms with Gasteiger partial charge in [-0.25, -0.2) is 4.98 Å². The molecule has 1 aromatic rings. The van der Waals surface area contributed by atoms with Gasteiger partial charge in [0.05, 0.1) is 10.6 Å². The van der Waals surface area contributed by atoms with Crippen LogP contribution in [0.25, 0.3) is 6.08 Å². The molecule has 6 heteroatoms. The Bertz CT molecular complexity index is 412. The van der Waals surface area contributed by atoms with Gasteiger partial charge in [0.1, 0.15) is 6.20 Å². The van der Waals surface area contributed by atoms with Gasteiger partial charge in [0.2, 0.25) is 5.91 Å². The Balaban J connectivity index is 2.55. The van der Waals surface area contributed by atoms with E-state index >= 15 is 0 Å². The summed E-state index contributed by atoms with van der Waals surface area (Å²) in [7, 11) is 0. The van der Waals surface area contributed by atoms with E-state index < -0.39 is 4.92 Å². The van der Waals surface area contributed by atoms with Crippen molar-refractivity contribution in [2.24, 2.45) is 0 Å². The molecule has 0 spiro atoms. The summed E-state index contributed by atoms with van der Waals surface area (Å²) in [5.41, 5.74) is 0.565. The summed E-state index contributed by atoms with van der Waals surface area (Å²) in [6.45, 7) is 1.84. The number of amides is 1. The zero-order chi connectivity index (χ0) is 12.0. The first-order valence-electron chi connectivity index (χ1n) is 4.61. The lowest BCUT2D eigenvalue weighted by Gasteiger charge is -1.95. The van der Waals surface area contributed by atoms with E-state index in [0.717, 1.165) is 0 Å². The smallest absolute Gasteiger partial charge is 0.287 e. The van der Waals surface area contributed by atoms with Crippen molar-refractivity contribution in [3.05, 3.63) is 40.2 Å². The van der Waals surface area contributed by atoms with Crippen LogP contribution in [0.4, 0.5) is 5.69 Å². The fourth-order valence-electron chi connectivity index (χ4n) is 0.986. The van der Waals surface area contributed by atoms with Gasteiger partial charge in [0.15, 0.2) is 0 Å². The third-order valence-electron chi connectivity index (χ3n) is 1.74. The second-order valence-corrected chi connectivity index (χ2v) is 3.04. The molecule has 0 bridgehead atoms. The molecular formula is C10H11N3O3. The van der Waals surface area contributed by atoms with E-state index in [0.29, 0.717) is 12.2 Å². The Hall–Kier alpha value is -2.24. The maximum Gasteiger partial charge on any atom is 0.287 e. The monoisotopic (exact) mass is 221 g/mol. The molecule has 84 valence electrons. The number of aromatic nitrogens is 1. The van der Waals surface area contributed by atoms with Crippen LogP contribution in [0.15, 0.2) is 24.4 Å². The van der Waals surface area contributed by atoms with Crippen LogP contribution in [-0.4, -0.2) is 22.4 Å². The van der Waals surface area contributed by atoms with Crippen LogP contribution in [0.3, 0.4) is 0 Å². The highest BCUT2D eigenvalue weighted by Gasteiger charge is 2.03. The largest absolute Gasteiger partial charge is 0.353 e. The Kier molecular flexibility index (Phi) is 4.14. The number of nitro groups is 1. The third kappa shape index (κ3) is 3.87. The van der Waals surface area contributed by atoms with Crippen molar-refractivity contribution in [2.45, 2.75) is 6.92 Å². The molecule has 1 rings (SSSR count). The van der Waals surface area contributed by atoms with Crippen LogP contribution in [0.2, 0.25) is 0 Å². The Morgan fingerprint density at radius 3 is 2.88 bits per heavy atom. The summed E-state index contributed by atoms with van der Waals surface area (Å²) in [4.78, 5) is 24.3. The van der Waals surface area contributed by atoms with Gasteiger partial charge in [-0.2, -0.15) is 0 Å². The minimum Gasteiger partial charge on any atom is -0.353 e. The number of carbonyl (C=O) groups is 1. The van der Waals surface area contributed by atoms with Gasteiger partial charge in [0, 0.05) is 19.5 Å². The lowest BCUT2D eigenvalue weighted by molar-refractivity contribution is -0.385. The predicted molar refractivity (Wildman–Crippen MR) is 58.6 cm³/mol. The topological polar surface area (TPSA) is 85.1 Å². The average Bonchev–Trinajstić information content (AvgIpc) is 2.25. The molecule has 6 nitrogen and oxygen atoms in total. The highest BCUT2D eigenvalue weighted by Crippen LogP contribution is 2.09. The number of hydrogen-bond donors (Lipinski definition) is 1. The van der Waals surface area contributed by atoms with Gasteiger partial charge in [-0.3, -0.25) is 14.9 Å². The number of rotatable bonds is 4. The first-order chi connectivity index (χ1) is 7.59. The lowest BCUT2D eigenvalue weighted by Crippen LogP contribution is -2.19. The summed E-state index contributed by atoms with van der Waals surface area (Å²) in [6.07, 6.45) is 4.59. The van der Waals surface area contributed by atoms with Crippen molar-refractivity contribution in [3.63, 3.8) is 0 Å². The molecule has 0 atom stereocenters. The van der Waals surface area contributed by atoms with Crippen LogP contribution >= 0.6 is 0 Å². The summed E-state index contributed by atoms with van der Waals surface area (Å²) in [5, 5.41) is 12.9. The van der Waals surface area contributed by atoms with Crippen LogP contribution < -0.4 is 5.32 Å². The third-order valence-corrected chi connectivity index (χ3v) is 1.74. The van der Waals surface area contributed by atoms with Crippen LogP contribution in [0.1, 0.15) is 12.6 Å². The van der Waals surface area contributed by atoms with Crippen molar-refractivity contribution in [1.82, 2.24) is 10.3 Å². The number of hydrogen-bond acceptors (Lipinski definition) is 4. The number of nitrogens with zero attached hydrogens (tertiary/aromatic N) is 2. The molecule has 0 saturated heterocycles. The second kappa shape index (κ2) is 5.59. The van der Waals surface area contributed by atoms with E-state index in [-0.39, 0.29) is 11.6 Å². The zero-order valence-electron chi connectivity index (χ0n) is 8.71. The molecular weight excluding hydrogens is 210 g/mol. The molecule has 1 amide bonds. The fraction of sp³-hybridized carbons (Fsp3) is 0.200. The van der Waals surface area contributed by atoms with E-state index in [1.165, 1.54) is 19.2 Å². The summed E-state index contributed by atoms with van der Waals surface area (Å²) in [6, 6.07) is 2.92. The number of pyridine rings is 1. The Morgan fingerprint density at radius 1 is 1.62 bits per heavy atom. The van der Waals surface area contributed by atoms with Crippen LogP contribution in [-0.2, 0) is 4.79 Å². The number of nitrogens with one attached hydrogen (secondary N) is 1. The first-order valence-corrected chi connectivity index (χ1v) is 4.61. The van der Waals surface area contributed by atoms with E-state index in [1.807, 2.05) is 0 Å². The maximum atomic E-state index is 10.5. The molecule has 0 unspecified atom stereocenters. The molecule has 0 aliphatic carbocycles. The standard InChI is InChI=1S/C10H11N3O3/c1-8(14)11-6-2-3-9-4-5-10(7-12-9)13(15)16/h2-5,7H,6H2,1H3,(H,11,14). The van der Waals surface area contributed by atoms with Gasteiger partial charge in [-0.15, -0.1) is 0 Å². The molecule has 1 aromatic heterocycles. The van der Waals surface area contributed by atoms with E-state index in [4.69, 9.17) is 0 Å².